The van der Waals surface area contributed by atoms with E-state index in [-0.39, 0.29) is 22.5 Å². The molecule has 1 atom stereocenters. The van der Waals surface area contributed by atoms with Gasteiger partial charge in [-0.05, 0) is 16.4 Å². The van der Waals surface area contributed by atoms with Crippen molar-refractivity contribution in [3.63, 3.8) is 0 Å². The quantitative estimate of drug-likeness (QED) is 0.837. The first-order valence-electron chi connectivity index (χ1n) is 7.85. The van der Waals surface area contributed by atoms with Crippen molar-refractivity contribution in [3.8, 4) is 0 Å². The molecule has 0 aromatic heterocycles. The maximum Gasteiger partial charge on any atom is 0.231 e. The lowest BCUT2D eigenvalue weighted by atomic mass is 9.73. The molecule has 0 saturated heterocycles. The predicted molar refractivity (Wildman–Crippen MR) is 90.3 cm³/mol. The summed E-state index contributed by atoms with van der Waals surface area (Å²) in [5.74, 6) is -0.772. The zero-order valence-electron chi connectivity index (χ0n) is 14.7. The summed E-state index contributed by atoms with van der Waals surface area (Å²) in [4.78, 5) is 25.2. The normalized spacial score (nSPS) is 13.5. The molecule has 1 amide bonds. The van der Waals surface area contributed by atoms with Gasteiger partial charge in [-0.2, -0.15) is 0 Å². The van der Waals surface area contributed by atoms with Crippen LogP contribution in [0, 0.1) is 16.7 Å². The summed E-state index contributed by atoms with van der Waals surface area (Å²) in [5, 5.41) is 2.91. The van der Waals surface area contributed by atoms with Gasteiger partial charge in [0.1, 0.15) is 11.7 Å². The van der Waals surface area contributed by atoms with E-state index < -0.39 is 5.92 Å². The molecule has 0 spiro atoms. The first kappa shape index (κ1) is 18.4. The van der Waals surface area contributed by atoms with E-state index in [0.29, 0.717) is 13.0 Å². The highest BCUT2D eigenvalue weighted by atomic mass is 16.2. The van der Waals surface area contributed by atoms with Gasteiger partial charge in [-0.3, -0.25) is 9.59 Å². The summed E-state index contributed by atoms with van der Waals surface area (Å²) in [6.07, 6.45) is 0.410. The Balaban J connectivity index is 2.79. The Morgan fingerprint density at radius 2 is 1.55 bits per heavy atom. The highest BCUT2D eigenvalue weighted by Crippen LogP contribution is 2.31. The zero-order valence-corrected chi connectivity index (χ0v) is 14.7. The summed E-state index contributed by atoms with van der Waals surface area (Å²) in [6.45, 7) is 12.3. The highest BCUT2D eigenvalue weighted by molar-refractivity contribution is 6.02. The van der Waals surface area contributed by atoms with Gasteiger partial charge in [0.05, 0.1) is 0 Å². The van der Waals surface area contributed by atoms with Crippen LogP contribution in [0.3, 0.4) is 0 Å². The molecule has 0 aliphatic heterocycles. The van der Waals surface area contributed by atoms with Crippen LogP contribution in [0.5, 0.6) is 0 Å². The van der Waals surface area contributed by atoms with Crippen LogP contribution in [0.2, 0.25) is 0 Å². The summed E-state index contributed by atoms with van der Waals surface area (Å²) in [6, 6.07) is 9.74. The molecule has 122 valence electrons. The van der Waals surface area contributed by atoms with Gasteiger partial charge in [0.2, 0.25) is 5.91 Å². The minimum atomic E-state index is -0.615. The zero-order chi connectivity index (χ0) is 17.0. The Kier molecular flexibility index (Phi) is 5.92. The van der Waals surface area contributed by atoms with Crippen LogP contribution >= 0.6 is 0 Å². The number of hydrogen-bond acceptors (Lipinski definition) is 2. The van der Waals surface area contributed by atoms with Crippen molar-refractivity contribution in [3.05, 3.63) is 35.9 Å². The average molecular weight is 303 g/mol. The van der Waals surface area contributed by atoms with Gasteiger partial charge >= 0.3 is 0 Å². The fraction of sp³-hybridized carbons (Fsp3) is 0.579. The van der Waals surface area contributed by atoms with Crippen molar-refractivity contribution in [1.29, 1.82) is 0 Å². The van der Waals surface area contributed by atoms with Crippen LogP contribution in [0.1, 0.15) is 53.5 Å². The lowest BCUT2D eigenvalue weighted by molar-refractivity contribution is -0.139. The molecule has 0 bridgehead atoms. The monoisotopic (exact) mass is 303 g/mol. The van der Waals surface area contributed by atoms with Gasteiger partial charge in [0, 0.05) is 13.0 Å². The number of ketones is 1. The molecular weight excluding hydrogens is 274 g/mol. The molecule has 22 heavy (non-hydrogen) atoms. The van der Waals surface area contributed by atoms with E-state index >= 15 is 0 Å². The average Bonchev–Trinajstić information content (AvgIpc) is 2.33. The molecular formula is C19H29NO2. The van der Waals surface area contributed by atoms with Gasteiger partial charge in [-0.1, -0.05) is 71.9 Å². The van der Waals surface area contributed by atoms with E-state index in [9.17, 15) is 9.59 Å². The number of hydrogen-bond donors (Lipinski definition) is 1. The summed E-state index contributed by atoms with van der Waals surface area (Å²) in [7, 11) is 0. The van der Waals surface area contributed by atoms with Gasteiger partial charge in [-0.25, -0.2) is 0 Å². The van der Waals surface area contributed by atoms with E-state index in [1.165, 1.54) is 0 Å². The first-order chi connectivity index (χ1) is 10.0. The SMILES string of the molecule is CC(C)(C)CC(=O)C(C(=O)NCc1ccccc1)C(C)(C)C. The molecule has 3 heteroatoms. The molecule has 0 aliphatic rings. The molecule has 0 heterocycles. The highest BCUT2D eigenvalue weighted by Gasteiger charge is 2.38. The first-order valence-corrected chi connectivity index (χ1v) is 7.85. The van der Waals surface area contributed by atoms with Gasteiger partial charge in [0.25, 0.3) is 0 Å². The van der Waals surface area contributed by atoms with E-state index in [4.69, 9.17) is 0 Å². The Bertz CT molecular complexity index is 506. The summed E-state index contributed by atoms with van der Waals surface area (Å²) >= 11 is 0. The van der Waals surface area contributed by atoms with Crippen LogP contribution in [-0.2, 0) is 16.1 Å². The molecule has 1 rings (SSSR count). The second kappa shape index (κ2) is 7.08. The third kappa shape index (κ3) is 6.00. The molecule has 0 aliphatic carbocycles. The van der Waals surface area contributed by atoms with Crippen molar-refractivity contribution in [2.75, 3.05) is 0 Å². The predicted octanol–water partition coefficient (Wildman–Crippen LogP) is 3.97. The number of Topliss-reactive ketones (excluding diaryl/α,β-unsaturated/α-hetero) is 1. The minimum absolute atomic E-state index is 0.0190. The van der Waals surface area contributed by atoms with E-state index in [1.807, 2.05) is 71.9 Å². The van der Waals surface area contributed by atoms with E-state index in [2.05, 4.69) is 5.32 Å². The van der Waals surface area contributed by atoms with Crippen LogP contribution < -0.4 is 5.32 Å². The van der Waals surface area contributed by atoms with Crippen LogP contribution in [0.25, 0.3) is 0 Å². The van der Waals surface area contributed by atoms with Crippen LogP contribution in [0.15, 0.2) is 30.3 Å². The van der Waals surface area contributed by atoms with Crippen LogP contribution in [-0.4, -0.2) is 11.7 Å². The largest absolute Gasteiger partial charge is 0.351 e. The standard InChI is InChI=1S/C19H29NO2/c1-18(2,3)12-15(21)16(19(4,5)6)17(22)20-13-14-10-8-7-9-11-14/h7-11,16H,12-13H2,1-6H3,(H,20,22). The second-order valence-electron chi connectivity index (χ2n) is 8.21. The number of rotatable bonds is 5. The Morgan fingerprint density at radius 3 is 2.00 bits per heavy atom. The van der Waals surface area contributed by atoms with Gasteiger partial charge in [0.15, 0.2) is 0 Å². The molecule has 0 saturated carbocycles. The van der Waals surface area contributed by atoms with Crippen molar-refractivity contribution >= 4 is 11.7 Å². The number of benzene rings is 1. The van der Waals surface area contributed by atoms with Gasteiger partial charge < -0.3 is 5.32 Å². The second-order valence-corrected chi connectivity index (χ2v) is 8.21. The summed E-state index contributed by atoms with van der Waals surface area (Å²) < 4.78 is 0. The van der Waals surface area contributed by atoms with Crippen LogP contribution in [0.4, 0.5) is 0 Å². The third-order valence-corrected chi connectivity index (χ3v) is 3.46. The van der Waals surface area contributed by atoms with Crippen molar-refractivity contribution in [2.24, 2.45) is 16.7 Å². The van der Waals surface area contributed by atoms with Crippen molar-refractivity contribution < 1.29 is 9.59 Å². The van der Waals surface area contributed by atoms with E-state index in [0.717, 1.165) is 5.56 Å². The molecule has 1 aromatic carbocycles. The van der Waals surface area contributed by atoms with E-state index in [1.54, 1.807) is 0 Å². The number of carbonyl (C=O) groups excluding carboxylic acids is 2. The molecule has 0 fully saturated rings. The fourth-order valence-electron chi connectivity index (χ4n) is 2.53. The molecule has 1 aromatic rings. The number of nitrogens with one attached hydrogen (secondary N) is 1. The Hall–Kier alpha value is -1.64. The number of carbonyl (C=O) groups is 2. The Morgan fingerprint density at radius 1 is 1.00 bits per heavy atom. The topological polar surface area (TPSA) is 46.2 Å². The van der Waals surface area contributed by atoms with Crippen molar-refractivity contribution in [1.82, 2.24) is 5.32 Å². The minimum Gasteiger partial charge on any atom is -0.351 e. The molecule has 1 N–H and O–H groups in total. The summed E-state index contributed by atoms with van der Waals surface area (Å²) in [5.41, 5.74) is 0.537. The van der Waals surface area contributed by atoms with Gasteiger partial charge in [-0.15, -0.1) is 0 Å². The maximum atomic E-state index is 12.6. The smallest absolute Gasteiger partial charge is 0.231 e. The maximum absolute atomic E-state index is 12.6. The number of amides is 1. The lowest BCUT2D eigenvalue weighted by Gasteiger charge is -2.30. The molecule has 3 nitrogen and oxygen atoms in total. The Labute approximate surface area is 134 Å². The van der Waals surface area contributed by atoms with Crippen molar-refractivity contribution in [2.45, 2.75) is 54.5 Å². The third-order valence-electron chi connectivity index (χ3n) is 3.46. The molecule has 1 unspecified atom stereocenters. The lowest BCUT2D eigenvalue weighted by Crippen LogP contribution is -2.43. The molecule has 0 radical (unpaired) electrons. The fourth-order valence-corrected chi connectivity index (χ4v) is 2.53.